The van der Waals surface area contributed by atoms with Crippen LogP contribution in [0.3, 0.4) is 0 Å². The number of anilines is 1. The normalized spacial score (nSPS) is 12.8. The number of rotatable bonds is 4. The Morgan fingerprint density at radius 2 is 1.07 bits per heavy atom. The summed E-state index contributed by atoms with van der Waals surface area (Å²) in [6, 6.07) is 21.8. The Bertz CT molecular complexity index is 2230. The molecule has 0 saturated heterocycles. The second kappa shape index (κ2) is 10.0. The first kappa shape index (κ1) is 26.6. The van der Waals surface area contributed by atoms with Crippen LogP contribution in [0.4, 0.5) is 5.69 Å². The maximum Gasteiger partial charge on any atom is 0.268 e. The fraction of sp³-hybridized carbons (Fsp3) is 0.0811. The fourth-order valence-electron chi connectivity index (χ4n) is 6.88. The number of fused-ring (bicyclic) bond motifs is 4. The predicted molar refractivity (Wildman–Crippen MR) is 175 cm³/mol. The third kappa shape index (κ3) is 3.92. The number of amides is 2. The molecule has 216 valence electrons. The van der Waals surface area contributed by atoms with Gasteiger partial charge in [0.15, 0.2) is 0 Å². The smallest absolute Gasteiger partial charge is 0.268 e. The summed E-state index contributed by atoms with van der Waals surface area (Å²) in [5.74, 6) is -0.683. The lowest BCUT2D eigenvalue weighted by Crippen LogP contribution is -2.31. The van der Waals surface area contributed by atoms with E-state index in [1.54, 1.807) is 30.9 Å². The van der Waals surface area contributed by atoms with Gasteiger partial charge in [-0.25, -0.2) is 24.8 Å². The van der Waals surface area contributed by atoms with E-state index in [0.29, 0.717) is 22.5 Å². The summed E-state index contributed by atoms with van der Waals surface area (Å²) in [5.41, 5.74) is 10.0. The van der Waals surface area contributed by atoms with Crippen molar-refractivity contribution in [2.75, 3.05) is 4.90 Å². The van der Waals surface area contributed by atoms with Gasteiger partial charge in [0.05, 0.1) is 33.5 Å². The molecule has 0 bridgehead atoms. The van der Waals surface area contributed by atoms with Crippen molar-refractivity contribution in [1.29, 1.82) is 0 Å². The van der Waals surface area contributed by atoms with Crippen molar-refractivity contribution in [2.24, 2.45) is 0 Å². The second-order valence-electron chi connectivity index (χ2n) is 11.4. The van der Waals surface area contributed by atoms with Gasteiger partial charge in [0.1, 0.15) is 12.7 Å². The summed E-state index contributed by atoms with van der Waals surface area (Å²) in [7, 11) is 0. The number of hydrogen-bond acceptors (Lipinski definition) is 6. The topological polar surface area (TPSA) is 93.9 Å². The highest BCUT2D eigenvalue weighted by molar-refractivity contribution is 6.36. The Morgan fingerprint density at radius 3 is 1.60 bits per heavy atom. The molecule has 0 aliphatic carbocycles. The first-order chi connectivity index (χ1) is 21.9. The largest absolute Gasteiger partial charge is 0.307 e. The third-order valence-electron chi connectivity index (χ3n) is 8.55. The molecule has 1 aliphatic heterocycles. The zero-order chi connectivity index (χ0) is 30.8. The van der Waals surface area contributed by atoms with Gasteiger partial charge in [0.2, 0.25) is 0 Å². The monoisotopic (exact) mass is 586 g/mol. The van der Waals surface area contributed by atoms with Crippen molar-refractivity contribution in [3.63, 3.8) is 0 Å². The van der Waals surface area contributed by atoms with Crippen molar-refractivity contribution < 1.29 is 9.59 Å². The zero-order valence-corrected chi connectivity index (χ0v) is 24.8. The van der Waals surface area contributed by atoms with E-state index in [1.165, 1.54) is 17.6 Å². The molecule has 8 heteroatoms. The van der Waals surface area contributed by atoms with E-state index in [1.807, 2.05) is 69.3 Å². The lowest BCUT2D eigenvalue weighted by atomic mass is 10.0. The second-order valence-corrected chi connectivity index (χ2v) is 11.4. The number of nitrogens with zero attached hydrogens (tertiary/aromatic N) is 6. The molecular formula is C37H26N6O2. The molecule has 2 amide bonds. The third-order valence-corrected chi connectivity index (χ3v) is 8.55. The number of imide groups is 1. The van der Waals surface area contributed by atoms with Gasteiger partial charge in [-0.15, -0.1) is 0 Å². The van der Waals surface area contributed by atoms with Gasteiger partial charge >= 0.3 is 0 Å². The van der Waals surface area contributed by atoms with Crippen LogP contribution in [-0.2, 0) is 0 Å². The van der Waals surface area contributed by atoms with Crippen LogP contribution in [0.1, 0.15) is 37.4 Å². The Kier molecular flexibility index (Phi) is 5.92. The zero-order valence-electron chi connectivity index (χ0n) is 24.8. The molecule has 0 radical (unpaired) electrons. The van der Waals surface area contributed by atoms with Crippen LogP contribution in [0.2, 0.25) is 0 Å². The molecule has 7 aromatic rings. The van der Waals surface area contributed by atoms with E-state index in [0.717, 1.165) is 60.8 Å². The lowest BCUT2D eigenvalue weighted by Gasteiger charge is -2.20. The minimum atomic E-state index is -0.350. The Labute approximate surface area is 258 Å². The molecule has 0 saturated carbocycles. The van der Waals surface area contributed by atoms with E-state index in [9.17, 15) is 9.59 Å². The molecule has 0 atom stereocenters. The SMILES string of the molecule is Cc1cc(C)c(N2C(=O)c3cccc(-n4c5c(-c6cncnc6)cccc5c5cccc(-c6cncnc6)c54)c3C2=O)c(C)c1. The van der Waals surface area contributed by atoms with Crippen molar-refractivity contribution in [1.82, 2.24) is 24.5 Å². The average molecular weight is 587 g/mol. The highest BCUT2D eigenvalue weighted by atomic mass is 16.2. The number of hydrogen-bond donors (Lipinski definition) is 0. The standard InChI is InChI=1S/C37H26N6O2/c1-21-13-22(2)33(23(3)14-21)43-36(44)30-11-6-12-31(32(30)37(43)45)42-34-26(24-15-38-19-39-16-24)7-4-9-28(34)29-10-5-8-27(35(29)42)25-17-40-20-41-18-25/h4-20H,1-3H3. The van der Waals surface area contributed by atoms with E-state index < -0.39 is 0 Å². The number of benzene rings is 4. The summed E-state index contributed by atoms with van der Waals surface area (Å²) in [6.45, 7) is 5.89. The van der Waals surface area contributed by atoms with E-state index >= 15 is 0 Å². The number of carbonyl (C=O) groups is 2. The predicted octanol–water partition coefficient (Wildman–Crippen LogP) is 7.42. The molecule has 4 aromatic carbocycles. The van der Waals surface area contributed by atoms with Crippen LogP contribution < -0.4 is 4.90 Å². The summed E-state index contributed by atoms with van der Waals surface area (Å²) in [6.07, 6.45) is 10.1. The number of para-hydroxylation sites is 2. The summed E-state index contributed by atoms with van der Waals surface area (Å²) in [5, 5.41) is 1.98. The van der Waals surface area contributed by atoms with Gasteiger partial charge in [-0.2, -0.15) is 0 Å². The fourth-order valence-corrected chi connectivity index (χ4v) is 6.88. The molecule has 1 aliphatic rings. The Morgan fingerprint density at radius 1 is 0.578 bits per heavy atom. The number of aryl methyl sites for hydroxylation is 3. The highest BCUT2D eigenvalue weighted by Gasteiger charge is 2.40. The number of carbonyl (C=O) groups excluding carboxylic acids is 2. The average Bonchev–Trinajstić information content (AvgIpc) is 3.53. The maximum atomic E-state index is 14.5. The molecule has 0 spiro atoms. The van der Waals surface area contributed by atoms with Crippen molar-refractivity contribution in [2.45, 2.75) is 20.8 Å². The van der Waals surface area contributed by atoms with Crippen molar-refractivity contribution >= 4 is 39.3 Å². The molecule has 0 fully saturated rings. The van der Waals surface area contributed by atoms with E-state index in [4.69, 9.17) is 0 Å². The minimum Gasteiger partial charge on any atom is -0.307 e. The van der Waals surface area contributed by atoms with Crippen LogP contribution in [0, 0.1) is 20.8 Å². The van der Waals surface area contributed by atoms with Crippen LogP contribution in [0.15, 0.2) is 104 Å². The molecular weight excluding hydrogens is 560 g/mol. The van der Waals surface area contributed by atoms with Crippen LogP contribution >= 0.6 is 0 Å². The highest BCUT2D eigenvalue weighted by Crippen LogP contribution is 2.44. The Balaban J connectivity index is 1.49. The molecule has 45 heavy (non-hydrogen) atoms. The van der Waals surface area contributed by atoms with Gasteiger partial charge in [-0.05, 0) is 44.0 Å². The summed E-state index contributed by atoms with van der Waals surface area (Å²) >= 11 is 0. The first-order valence-corrected chi connectivity index (χ1v) is 14.6. The van der Waals surface area contributed by atoms with Gasteiger partial charge in [0.25, 0.3) is 11.8 Å². The molecule has 8 rings (SSSR count). The van der Waals surface area contributed by atoms with Gasteiger partial charge < -0.3 is 4.57 Å². The molecule has 4 heterocycles. The van der Waals surface area contributed by atoms with E-state index in [-0.39, 0.29) is 11.8 Å². The van der Waals surface area contributed by atoms with Crippen LogP contribution in [-0.4, -0.2) is 36.3 Å². The molecule has 3 aromatic heterocycles. The van der Waals surface area contributed by atoms with Crippen molar-refractivity contribution in [3.8, 4) is 27.9 Å². The van der Waals surface area contributed by atoms with Crippen LogP contribution in [0.25, 0.3) is 49.7 Å². The quantitative estimate of drug-likeness (QED) is 0.199. The van der Waals surface area contributed by atoms with Gasteiger partial charge in [-0.1, -0.05) is 60.2 Å². The Hall–Kier alpha value is -6.02. The summed E-state index contributed by atoms with van der Waals surface area (Å²) in [4.78, 5) is 47.1. The first-order valence-electron chi connectivity index (χ1n) is 14.6. The number of aromatic nitrogens is 5. The van der Waals surface area contributed by atoms with Gasteiger partial charge in [-0.3, -0.25) is 9.59 Å². The van der Waals surface area contributed by atoms with Crippen LogP contribution in [0.5, 0.6) is 0 Å². The maximum absolute atomic E-state index is 14.5. The molecule has 0 unspecified atom stereocenters. The van der Waals surface area contributed by atoms with Gasteiger partial charge in [0, 0.05) is 57.8 Å². The van der Waals surface area contributed by atoms with E-state index in [2.05, 4.69) is 36.6 Å². The molecule has 8 nitrogen and oxygen atoms in total. The summed E-state index contributed by atoms with van der Waals surface area (Å²) < 4.78 is 2.11. The molecule has 0 N–H and O–H groups in total. The minimum absolute atomic E-state index is 0.332. The van der Waals surface area contributed by atoms with Crippen molar-refractivity contribution in [3.05, 3.63) is 132 Å². The lowest BCUT2D eigenvalue weighted by molar-refractivity contribution is 0.0925.